The van der Waals surface area contributed by atoms with Gasteiger partial charge in [-0.25, -0.2) is 9.97 Å². The van der Waals surface area contributed by atoms with Gasteiger partial charge in [0.15, 0.2) is 0 Å². The minimum atomic E-state index is -0.205. The first-order valence-corrected chi connectivity index (χ1v) is 11.1. The van der Waals surface area contributed by atoms with E-state index in [-0.39, 0.29) is 42.2 Å². The summed E-state index contributed by atoms with van der Waals surface area (Å²) in [6.45, 7) is 9.41. The predicted octanol–water partition coefficient (Wildman–Crippen LogP) is 4.43. The molecule has 0 spiro atoms. The number of nitrogens with zero attached hydrogens (tertiary/aromatic N) is 3. The van der Waals surface area contributed by atoms with Gasteiger partial charge in [-0.3, -0.25) is 4.79 Å². The smallest absolute Gasteiger partial charge is 0.259 e. The largest absolute Gasteiger partial charge is 0.467 e. The molecule has 1 aliphatic carbocycles. The Bertz CT molecular complexity index is 860. The summed E-state index contributed by atoms with van der Waals surface area (Å²) in [7, 11) is 0. The van der Waals surface area contributed by atoms with Gasteiger partial charge < -0.3 is 20.0 Å². The van der Waals surface area contributed by atoms with Crippen LogP contribution < -0.4 is 10.6 Å². The van der Waals surface area contributed by atoms with Crippen LogP contribution in [0.1, 0.15) is 68.4 Å². The van der Waals surface area contributed by atoms with E-state index in [0.29, 0.717) is 29.7 Å². The number of hydrogen-bond acceptors (Lipinski definition) is 6. The fourth-order valence-electron chi connectivity index (χ4n) is 3.85. The number of halogens is 2. The first kappa shape index (κ1) is 26.4. The number of piperidine rings is 1. The molecule has 2 aromatic rings. The van der Waals surface area contributed by atoms with Crippen molar-refractivity contribution in [3.63, 3.8) is 0 Å². The van der Waals surface area contributed by atoms with Crippen LogP contribution in [-0.2, 0) is 12.0 Å². The number of amides is 1. The number of nitrogens with one attached hydrogen (secondary N) is 2. The van der Waals surface area contributed by atoms with Crippen LogP contribution in [0.15, 0.2) is 29.0 Å². The Balaban J connectivity index is 0.00000181. The number of carbonyl (C=O) groups is 1. The maximum Gasteiger partial charge on any atom is 0.259 e. The highest BCUT2D eigenvalue weighted by Gasteiger charge is 2.34. The summed E-state index contributed by atoms with van der Waals surface area (Å²) in [6, 6.07) is 4.00. The molecule has 0 aromatic carbocycles. The van der Waals surface area contributed by atoms with E-state index in [1.165, 1.54) is 12.8 Å². The molecule has 1 saturated heterocycles. The van der Waals surface area contributed by atoms with Crippen LogP contribution in [0.25, 0.3) is 0 Å². The first-order valence-electron chi connectivity index (χ1n) is 11.1. The van der Waals surface area contributed by atoms with Crippen LogP contribution in [0, 0.1) is 5.92 Å². The van der Waals surface area contributed by atoms with E-state index >= 15 is 0 Å². The van der Waals surface area contributed by atoms with Crippen LogP contribution in [0.2, 0.25) is 0 Å². The van der Waals surface area contributed by atoms with Gasteiger partial charge in [0.25, 0.3) is 5.91 Å². The minimum absolute atomic E-state index is 0. The second-order valence-electron chi connectivity index (χ2n) is 9.54. The van der Waals surface area contributed by atoms with Gasteiger partial charge in [-0.05, 0) is 50.3 Å². The van der Waals surface area contributed by atoms with Crippen molar-refractivity contribution >= 4 is 36.5 Å². The lowest BCUT2D eigenvalue weighted by atomic mass is 9.95. The number of anilines is 1. The van der Waals surface area contributed by atoms with Crippen LogP contribution in [0.4, 0.5) is 5.82 Å². The second kappa shape index (κ2) is 11.3. The molecule has 0 bridgehead atoms. The van der Waals surface area contributed by atoms with Gasteiger partial charge in [-0.1, -0.05) is 20.8 Å². The fourth-order valence-corrected chi connectivity index (χ4v) is 3.85. The van der Waals surface area contributed by atoms with Crippen molar-refractivity contribution in [2.24, 2.45) is 5.92 Å². The summed E-state index contributed by atoms with van der Waals surface area (Å²) in [4.78, 5) is 25.1. The Labute approximate surface area is 203 Å². The normalized spacial score (nSPS) is 18.3. The maximum atomic E-state index is 13.7. The topological polar surface area (TPSA) is 83.3 Å². The molecule has 2 N–H and O–H groups in total. The summed E-state index contributed by atoms with van der Waals surface area (Å²) in [6.07, 6.45) is 7.93. The summed E-state index contributed by atoms with van der Waals surface area (Å²) in [5.41, 5.74) is 0.338. The highest BCUT2D eigenvalue weighted by molar-refractivity contribution is 5.98. The summed E-state index contributed by atoms with van der Waals surface area (Å²) < 4.78 is 5.45. The molecule has 1 unspecified atom stereocenters. The number of rotatable bonds is 7. The fraction of sp³-hybridized carbons (Fsp3) is 0.609. The van der Waals surface area contributed by atoms with E-state index in [1.807, 2.05) is 12.1 Å². The molecule has 4 rings (SSSR count). The molecule has 178 valence electrons. The average molecular weight is 484 g/mol. The van der Waals surface area contributed by atoms with Crippen LogP contribution in [0.3, 0.4) is 0 Å². The van der Waals surface area contributed by atoms with Gasteiger partial charge in [0, 0.05) is 30.7 Å². The molecule has 2 fully saturated rings. The molecular formula is C23H35Cl2N5O2. The van der Waals surface area contributed by atoms with E-state index in [2.05, 4.69) is 41.3 Å². The lowest BCUT2D eigenvalue weighted by Crippen LogP contribution is -2.49. The molecule has 1 amide bonds. The lowest BCUT2D eigenvalue weighted by molar-refractivity contribution is 0.0637. The Morgan fingerprint density at radius 1 is 1.28 bits per heavy atom. The van der Waals surface area contributed by atoms with Crippen molar-refractivity contribution in [2.75, 3.05) is 25.0 Å². The van der Waals surface area contributed by atoms with Crippen molar-refractivity contribution < 1.29 is 9.21 Å². The third kappa shape index (κ3) is 6.59. The van der Waals surface area contributed by atoms with E-state index < -0.39 is 0 Å². The highest BCUT2D eigenvalue weighted by Crippen LogP contribution is 2.32. The van der Waals surface area contributed by atoms with Crippen molar-refractivity contribution in [2.45, 2.75) is 64.5 Å². The molecule has 1 saturated carbocycles. The number of carbonyl (C=O) groups excluding carboxylic acids is 1. The summed E-state index contributed by atoms with van der Waals surface area (Å²) >= 11 is 0. The van der Waals surface area contributed by atoms with Crippen molar-refractivity contribution in [1.29, 1.82) is 0 Å². The van der Waals surface area contributed by atoms with Crippen LogP contribution in [0.5, 0.6) is 0 Å². The number of furan rings is 1. The Hall–Kier alpha value is -1.83. The summed E-state index contributed by atoms with van der Waals surface area (Å²) in [5, 5.41) is 6.78. The monoisotopic (exact) mass is 483 g/mol. The molecule has 0 radical (unpaired) electrons. The highest BCUT2D eigenvalue weighted by atomic mass is 35.5. The van der Waals surface area contributed by atoms with Crippen molar-refractivity contribution in [3.8, 4) is 0 Å². The zero-order valence-corrected chi connectivity index (χ0v) is 20.7. The van der Waals surface area contributed by atoms with E-state index in [4.69, 9.17) is 9.40 Å². The molecule has 2 aliphatic rings. The molecule has 7 nitrogen and oxygen atoms in total. The van der Waals surface area contributed by atoms with Gasteiger partial charge in [0.1, 0.15) is 23.0 Å². The SMILES string of the molecule is CC(C)(C)c1ncc(C(=O)N(CC2CC2)C2CCCNC2)c(NCc2ccco2)n1.Cl.Cl. The van der Waals surface area contributed by atoms with E-state index in [0.717, 1.165) is 38.2 Å². The lowest BCUT2D eigenvalue weighted by Gasteiger charge is -2.35. The molecule has 1 atom stereocenters. The number of aromatic nitrogens is 2. The molecule has 9 heteroatoms. The Kier molecular flexibility index (Phi) is 9.37. The predicted molar refractivity (Wildman–Crippen MR) is 131 cm³/mol. The minimum Gasteiger partial charge on any atom is -0.467 e. The van der Waals surface area contributed by atoms with Crippen molar-refractivity contribution in [1.82, 2.24) is 20.2 Å². The maximum absolute atomic E-state index is 13.7. The zero-order chi connectivity index (χ0) is 21.1. The van der Waals surface area contributed by atoms with E-state index in [1.54, 1.807) is 12.5 Å². The summed E-state index contributed by atoms with van der Waals surface area (Å²) in [5.74, 6) is 2.76. The van der Waals surface area contributed by atoms with Crippen LogP contribution in [-0.4, -0.2) is 46.5 Å². The zero-order valence-electron chi connectivity index (χ0n) is 19.1. The van der Waals surface area contributed by atoms with Gasteiger partial charge in [0.2, 0.25) is 0 Å². The molecule has 2 aromatic heterocycles. The van der Waals surface area contributed by atoms with Crippen molar-refractivity contribution in [3.05, 3.63) is 41.7 Å². The van der Waals surface area contributed by atoms with Gasteiger partial charge in [-0.2, -0.15) is 0 Å². The third-order valence-electron chi connectivity index (χ3n) is 5.82. The molecule has 3 heterocycles. The third-order valence-corrected chi connectivity index (χ3v) is 5.82. The second-order valence-corrected chi connectivity index (χ2v) is 9.54. The van der Waals surface area contributed by atoms with E-state index in [9.17, 15) is 4.79 Å². The standard InChI is InChI=1S/C23H33N5O2.2ClH/c1-23(2,3)22-26-14-19(20(27-22)25-13-18-7-5-11-30-18)21(29)28(15-16-8-9-16)17-6-4-10-24-12-17;;/h5,7,11,14,16-17,24H,4,6,8-10,12-13,15H2,1-3H3,(H,25,26,27);2*1H. The first-order chi connectivity index (χ1) is 14.4. The Morgan fingerprint density at radius 2 is 2.06 bits per heavy atom. The molecule has 1 aliphatic heterocycles. The number of hydrogen-bond donors (Lipinski definition) is 2. The van der Waals surface area contributed by atoms with Gasteiger partial charge in [0.05, 0.1) is 12.8 Å². The molecule has 32 heavy (non-hydrogen) atoms. The van der Waals surface area contributed by atoms with Crippen LogP contribution >= 0.6 is 24.8 Å². The van der Waals surface area contributed by atoms with Gasteiger partial charge in [-0.15, -0.1) is 24.8 Å². The Morgan fingerprint density at radius 3 is 2.66 bits per heavy atom. The molecular weight excluding hydrogens is 449 g/mol. The quantitative estimate of drug-likeness (QED) is 0.605. The average Bonchev–Trinajstić information content (AvgIpc) is 3.41. The van der Waals surface area contributed by atoms with Gasteiger partial charge >= 0.3 is 0 Å².